The van der Waals surface area contributed by atoms with Crippen molar-refractivity contribution in [1.29, 1.82) is 0 Å². The van der Waals surface area contributed by atoms with Crippen LogP contribution in [0.2, 0.25) is 0 Å². The summed E-state index contributed by atoms with van der Waals surface area (Å²) in [5.41, 5.74) is 0. The molecule has 0 saturated carbocycles. The first-order chi connectivity index (χ1) is 3.56. The molecule has 0 saturated heterocycles. The van der Waals surface area contributed by atoms with E-state index in [1.165, 1.54) is 0 Å². The number of hydrogen-bond donors (Lipinski definition) is 1. The van der Waals surface area contributed by atoms with E-state index in [0.29, 0.717) is 0 Å². The fraction of sp³-hybridized carbons (Fsp3) is 1.00. The molecule has 50 valence electrons. The molecule has 0 spiro atoms. The highest BCUT2D eigenvalue weighted by atomic mass is 35.7. The molecule has 1 atom stereocenters. The molecule has 0 radical (unpaired) electrons. The van der Waals surface area contributed by atoms with Gasteiger partial charge in [0.1, 0.15) is 0 Å². The maximum Gasteiger partial charge on any atom is 0.450 e. The zero-order valence-corrected chi connectivity index (χ0v) is 5.56. The highest BCUT2D eigenvalue weighted by Gasteiger charge is 2.15. The van der Waals surface area contributed by atoms with Gasteiger partial charge in [-0.1, -0.05) is 5.04 Å². The van der Waals surface area contributed by atoms with Crippen molar-refractivity contribution >= 4 is 18.2 Å². The lowest BCUT2D eigenvalue weighted by molar-refractivity contribution is -0.455. The Balaban J connectivity index is 3.26. The van der Waals surface area contributed by atoms with Crippen molar-refractivity contribution in [3.8, 4) is 0 Å². The maximum atomic E-state index is 9.87. The van der Waals surface area contributed by atoms with E-state index in [4.69, 9.17) is 4.89 Å². The molecular weight excluding hydrogens is 158 g/mol. The van der Waals surface area contributed by atoms with Crippen LogP contribution >= 0.6 is 18.2 Å². The Hall–Kier alpha value is 0.360. The fourth-order valence-corrected chi connectivity index (χ4v) is 0.273. The zero-order chi connectivity index (χ0) is 6.62. The van der Waals surface area contributed by atoms with Crippen molar-refractivity contribution in [2.75, 3.05) is 7.11 Å². The third-order valence-corrected chi connectivity index (χ3v) is 0.604. The average Bonchev–Trinajstić information content (AvgIpc) is 1.59. The smallest absolute Gasteiger partial charge is 0.311 e. The van der Waals surface area contributed by atoms with Crippen LogP contribution in [0.25, 0.3) is 0 Å². The van der Waals surface area contributed by atoms with Crippen LogP contribution in [0, 0.1) is 0 Å². The van der Waals surface area contributed by atoms with E-state index in [-0.39, 0.29) is 0 Å². The Morgan fingerprint density at radius 3 is 2.38 bits per heavy atom. The molecule has 0 aromatic heterocycles. The van der Waals surface area contributed by atoms with E-state index < -0.39 is 6.95 Å². The summed E-state index contributed by atoms with van der Waals surface area (Å²) in [7, 11) is 1.10. The van der Waals surface area contributed by atoms with Gasteiger partial charge >= 0.3 is 6.95 Å². The van der Waals surface area contributed by atoms with E-state index in [1.54, 1.807) is 0 Å². The minimum Gasteiger partial charge on any atom is -0.311 e. The zero-order valence-electron chi connectivity index (χ0n) is 3.91. The summed E-state index contributed by atoms with van der Waals surface area (Å²) >= 11 is 4.60. The molecule has 0 aromatic rings. The fourth-order valence-electron chi connectivity index (χ4n) is 0.0680. The first-order valence-corrected chi connectivity index (χ1v) is 3.96. The summed E-state index contributed by atoms with van der Waals surface area (Å²) < 4.78 is 13.4. The molecule has 7 heteroatoms. The van der Waals surface area contributed by atoms with Crippen molar-refractivity contribution in [3.63, 3.8) is 0 Å². The van der Waals surface area contributed by atoms with Crippen LogP contribution in [0.15, 0.2) is 0 Å². The van der Waals surface area contributed by atoms with Crippen molar-refractivity contribution in [2.24, 2.45) is 0 Å². The van der Waals surface area contributed by atoms with Gasteiger partial charge in [-0.05, 0) is 0 Å². The Bertz CT molecular complexity index is 96.6. The third kappa shape index (κ3) is 6.36. The summed E-state index contributed by atoms with van der Waals surface area (Å²) in [6.45, 7) is -4.06. The van der Waals surface area contributed by atoms with Crippen molar-refractivity contribution in [2.45, 2.75) is 0 Å². The predicted molar refractivity (Wildman–Crippen MR) is 24.9 cm³/mol. The van der Waals surface area contributed by atoms with Gasteiger partial charge in [0.25, 0.3) is 0 Å². The first kappa shape index (κ1) is 8.36. The second kappa shape index (κ2) is 3.40. The van der Waals surface area contributed by atoms with Crippen molar-refractivity contribution in [1.82, 2.24) is 0 Å². The highest BCUT2D eigenvalue weighted by molar-refractivity contribution is 7.80. The Kier molecular flexibility index (Phi) is 3.55. The van der Waals surface area contributed by atoms with E-state index in [9.17, 15) is 4.57 Å². The summed E-state index contributed by atoms with van der Waals surface area (Å²) in [4.78, 5) is 11.8. The standard InChI is InChI=1S/CH4ClO5P/c1-5-6-7-8(2,3)4/h1H3,(H,3,4). The van der Waals surface area contributed by atoms with Gasteiger partial charge in [-0.25, -0.2) is 9.45 Å². The largest absolute Gasteiger partial charge is 0.450 e. The molecule has 0 aliphatic rings. The molecule has 5 nitrogen and oxygen atoms in total. The van der Waals surface area contributed by atoms with Crippen LogP contribution in [0.5, 0.6) is 0 Å². The number of hydrogen-bond acceptors (Lipinski definition) is 4. The minimum atomic E-state index is -4.06. The lowest BCUT2D eigenvalue weighted by Crippen LogP contribution is -1.85. The molecule has 0 aromatic carbocycles. The van der Waals surface area contributed by atoms with E-state index in [2.05, 4.69) is 25.8 Å². The molecule has 1 unspecified atom stereocenters. The van der Waals surface area contributed by atoms with E-state index in [1.807, 2.05) is 0 Å². The quantitative estimate of drug-likeness (QED) is 0.378. The van der Waals surface area contributed by atoms with Gasteiger partial charge in [-0.3, -0.25) is 0 Å². The molecule has 0 aliphatic heterocycles. The topological polar surface area (TPSA) is 65.0 Å². The summed E-state index contributed by atoms with van der Waals surface area (Å²) in [6.07, 6.45) is 0. The van der Waals surface area contributed by atoms with Gasteiger partial charge in [0.2, 0.25) is 0 Å². The molecule has 0 heterocycles. The monoisotopic (exact) mass is 162 g/mol. The SMILES string of the molecule is COOOP(=O)(O)Cl. The molecule has 0 bridgehead atoms. The van der Waals surface area contributed by atoms with Gasteiger partial charge in [-0.15, -0.1) is 4.67 Å². The van der Waals surface area contributed by atoms with Crippen molar-refractivity contribution < 1.29 is 24.1 Å². The Morgan fingerprint density at radius 2 is 2.25 bits per heavy atom. The van der Waals surface area contributed by atoms with Crippen molar-refractivity contribution in [3.05, 3.63) is 0 Å². The van der Waals surface area contributed by atoms with Crippen LogP contribution in [0.4, 0.5) is 0 Å². The average molecular weight is 162 g/mol. The molecule has 1 N–H and O–H groups in total. The molecule has 0 amide bonds. The second-order valence-electron chi connectivity index (χ2n) is 0.761. The van der Waals surface area contributed by atoms with Crippen LogP contribution in [0.1, 0.15) is 0 Å². The van der Waals surface area contributed by atoms with Gasteiger partial charge in [0.15, 0.2) is 0 Å². The van der Waals surface area contributed by atoms with Gasteiger partial charge in [0, 0.05) is 11.2 Å². The third-order valence-electron chi connectivity index (χ3n) is 0.190. The second-order valence-corrected chi connectivity index (χ2v) is 3.09. The predicted octanol–water partition coefficient (Wildman–Crippen LogP) is 0.835. The van der Waals surface area contributed by atoms with Crippen LogP contribution < -0.4 is 0 Å². The van der Waals surface area contributed by atoms with E-state index in [0.717, 1.165) is 7.11 Å². The lowest BCUT2D eigenvalue weighted by Gasteiger charge is -1.97. The maximum absolute atomic E-state index is 9.87. The van der Waals surface area contributed by atoms with Crippen LogP contribution in [0.3, 0.4) is 0 Å². The lowest BCUT2D eigenvalue weighted by atomic mass is 11.8. The molecular formula is CH4ClO5P. The minimum absolute atomic E-state index is 1.10. The first-order valence-electron chi connectivity index (χ1n) is 1.48. The normalized spacial score (nSPS) is 17.9. The summed E-state index contributed by atoms with van der Waals surface area (Å²) in [5, 5.41) is 3.55. The molecule has 0 aliphatic carbocycles. The highest BCUT2D eigenvalue weighted by Crippen LogP contribution is 2.47. The van der Waals surface area contributed by atoms with Gasteiger partial charge < -0.3 is 4.89 Å². The van der Waals surface area contributed by atoms with Gasteiger partial charge in [0.05, 0.1) is 7.11 Å². The molecule has 0 fully saturated rings. The summed E-state index contributed by atoms with van der Waals surface area (Å²) in [6, 6.07) is 0. The molecule has 8 heavy (non-hydrogen) atoms. The summed E-state index contributed by atoms with van der Waals surface area (Å²) in [5.74, 6) is 0. The number of halogens is 1. The van der Waals surface area contributed by atoms with Crippen LogP contribution in [-0.4, -0.2) is 12.0 Å². The molecule has 0 rings (SSSR count). The Labute approximate surface area is 50.3 Å². The van der Waals surface area contributed by atoms with Gasteiger partial charge in [-0.2, -0.15) is 0 Å². The van der Waals surface area contributed by atoms with E-state index >= 15 is 0 Å². The Morgan fingerprint density at radius 1 is 1.75 bits per heavy atom. The number of rotatable bonds is 3. The van der Waals surface area contributed by atoms with Crippen LogP contribution in [-0.2, 0) is 19.2 Å².